The van der Waals surface area contributed by atoms with Crippen LogP contribution in [-0.4, -0.2) is 39.0 Å². The second kappa shape index (κ2) is 9.25. The van der Waals surface area contributed by atoms with Gasteiger partial charge in [0.1, 0.15) is 5.56 Å². The van der Waals surface area contributed by atoms with Crippen LogP contribution in [0.25, 0.3) is 0 Å². The summed E-state index contributed by atoms with van der Waals surface area (Å²) in [6, 6.07) is 7.58. The normalized spacial score (nSPS) is 10.1. The maximum atomic E-state index is 12.4. The predicted octanol–water partition coefficient (Wildman–Crippen LogP) is 3.62. The van der Waals surface area contributed by atoms with Gasteiger partial charge in [0.25, 0.3) is 5.91 Å². The number of nitrogens with one attached hydrogen (secondary N) is 1. The molecule has 142 valence electrons. The number of rotatable bonds is 7. The summed E-state index contributed by atoms with van der Waals surface area (Å²) in [5, 5.41) is 2.93. The van der Waals surface area contributed by atoms with Gasteiger partial charge in [0.2, 0.25) is 0 Å². The summed E-state index contributed by atoms with van der Waals surface area (Å²) in [5.74, 6) is -1.31. The predicted molar refractivity (Wildman–Crippen MR) is 100 cm³/mol. The lowest BCUT2D eigenvalue weighted by Crippen LogP contribution is -2.22. The Bertz CT molecular complexity index is 864. The van der Waals surface area contributed by atoms with Gasteiger partial charge < -0.3 is 19.5 Å². The lowest BCUT2D eigenvalue weighted by atomic mass is 10.1. The fourth-order valence-electron chi connectivity index (χ4n) is 2.25. The Hall–Kier alpha value is -2.77. The molecular formula is C18H15Cl2NO6. The number of para-hydroxylation sites is 1. The van der Waals surface area contributed by atoms with E-state index in [0.717, 1.165) is 0 Å². The number of hydrogen-bond donors (Lipinski definition) is 1. The molecule has 0 atom stereocenters. The van der Waals surface area contributed by atoms with Crippen molar-refractivity contribution in [3.05, 3.63) is 51.5 Å². The van der Waals surface area contributed by atoms with E-state index in [2.05, 4.69) is 5.32 Å². The van der Waals surface area contributed by atoms with Gasteiger partial charge >= 0.3 is 5.97 Å². The van der Waals surface area contributed by atoms with Gasteiger partial charge in [0.15, 0.2) is 24.4 Å². The van der Waals surface area contributed by atoms with Gasteiger partial charge in [-0.2, -0.15) is 0 Å². The summed E-state index contributed by atoms with van der Waals surface area (Å²) in [6.07, 6.45) is 0.474. The maximum Gasteiger partial charge on any atom is 0.343 e. The first-order chi connectivity index (χ1) is 12.9. The number of hydrogen-bond acceptors (Lipinski definition) is 6. The smallest absolute Gasteiger partial charge is 0.343 e. The largest absolute Gasteiger partial charge is 0.493 e. The second-order valence-corrected chi connectivity index (χ2v) is 5.92. The Balaban J connectivity index is 2.16. The van der Waals surface area contributed by atoms with Gasteiger partial charge in [0.05, 0.1) is 30.0 Å². The van der Waals surface area contributed by atoms with E-state index in [0.29, 0.717) is 6.29 Å². The zero-order valence-electron chi connectivity index (χ0n) is 14.4. The highest BCUT2D eigenvalue weighted by atomic mass is 35.5. The van der Waals surface area contributed by atoms with Gasteiger partial charge in [-0.3, -0.25) is 9.59 Å². The molecule has 0 saturated heterocycles. The van der Waals surface area contributed by atoms with Crippen LogP contribution in [0.15, 0.2) is 30.3 Å². The van der Waals surface area contributed by atoms with Crippen molar-refractivity contribution in [2.45, 2.75) is 0 Å². The van der Waals surface area contributed by atoms with E-state index in [1.54, 1.807) is 18.2 Å². The molecule has 0 fully saturated rings. The van der Waals surface area contributed by atoms with Gasteiger partial charge in [-0.15, -0.1) is 0 Å². The van der Waals surface area contributed by atoms with Crippen molar-refractivity contribution in [3.63, 3.8) is 0 Å². The minimum atomic E-state index is -0.923. The first-order valence-corrected chi connectivity index (χ1v) is 8.29. The minimum Gasteiger partial charge on any atom is -0.493 e. The molecule has 0 unspecified atom stereocenters. The third-order valence-electron chi connectivity index (χ3n) is 3.47. The van der Waals surface area contributed by atoms with Crippen LogP contribution in [0.5, 0.6) is 11.5 Å². The Morgan fingerprint density at radius 3 is 2.30 bits per heavy atom. The second-order valence-electron chi connectivity index (χ2n) is 5.10. The van der Waals surface area contributed by atoms with Crippen molar-refractivity contribution in [1.82, 2.24) is 0 Å². The molecule has 2 aromatic carbocycles. The molecule has 0 radical (unpaired) electrons. The highest BCUT2D eigenvalue weighted by Crippen LogP contribution is 2.33. The molecule has 0 aromatic heterocycles. The van der Waals surface area contributed by atoms with Gasteiger partial charge in [-0.25, -0.2) is 4.79 Å². The van der Waals surface area contributed by atoms with Crippen LogP contribution in [0, 0.1) is 0 Å². The van der Waals surface area contributed by atoms with Crippen molar-refractivity contribution in [3.8, 4) is 11.5 Å². The summed E-state index contributed by atoms with van der Waals surface area (Å²) in [5.41, 5.74) is 0.0945. The molecule has 1 N–H and O–H groups in total. The number of amides is 1. The molecule has 2 aromatic rings. The fourth-order valence-corrected chi connectivity index (χ4v) is 2.74. The zero-order valence-corrected chi connectivity index (χ0v) is 15.9. The lowest BCUT2D eigenvalue weighted by molar-refractivity contribution is -0.119. The maximum absolute atomic E-state index is 12.4. The summed E-state index contributed by atoms with van der Waals surface area (Å²) in [4.78, 5) is 35.7. The van der Waals surface area contributed by atoms with E-state index < -0.39 is 18.5 Å². The van der Waals surface area contributed by atoms with Crippen LogP contribution < -0.4 is 14.8 Å². The van der Waals surface area contributed by atoms with Crippen LogP contribution in [0.1, 0.15) is 20.7 Å². The van der Waals surface area contributed by atoms with Gasteiger partial charge in [-0.05, 0) is 24.3 Å². The SMILES string of the molecule is COc1ccc(C=O)c(C(=O)OCC(=O)Nc2c(Cl)cccc2Cl)c1OC. The molecule has 2 rings (SSSR count). The molecule has 0 aliphatic heterocycles. The Morgan fingerprint density at radius 2 is 1.74 bits per heavy atom. The molecule has 0 spiro atoms. The zero-order chi connectivity index (χ0) is 20.0. The highest BCUT2D eigenvalue weighted by molar-refractivity contribution is 6.39. The molecule has 0 aliphatic rings. The Labute approximate surface area is 165 Å². The van der Waals surface area contributed by atoms with Crippen LogP contribution in [-0.2, 0) is 9.53 Å². The van der Waals surface area contributed by atoms with Crippen LogP contribution >= 0.6 is 23.2 Å². The van der Waals surface area contributed by atoms with Gasteiger partial charge in [0, 0.05) is 5.56 Å². The third-order valence-corrected chi connectivity index (χ3v) is 4.10. The Kier molecular flexibility index (Phi) is 7.04. The highest BCUT2D eigenvalue weighted by Gasteiger charge is 2.23. The van der Waals surface area contributed by atoms with Crippen molar-refractivity contribution in [1.29, 1.82) is 0 Å². The van der Waals surface area contributed by atoms with E-state index in [9.17, 15) is 14.4 Å². The van der Waals surface area contributed by atoms with Crippen molar-refractivity contribution in [2.75, 3.05) is 26.1 Å². The van der Waals surface area contributed by atoms with E-state index in [-0.39, 0.29) is 38.4 Å². The average Bonchev–Trinajstić information content (AvgIpc) is 2.67. The van der Waals surface area contributed by atoms with E-state index in [4.69, 9.17) is 37.4 Å². The summed E-state index contributed by atoms with van der Waals surface area (Å²) in [7, 11) is 2.70. The van der Waals surface area contributed by atoms with E-state index in [1.807, 2.05) is 0 Å². The quantitative estimate of drug-likeness (QED) is 0.552. The molecular weight excluding hydrogens is 397 g/mol. The monoisotopic (exact) mass is 411 g/mol. The van der Waals surface area contributed by atoms with Crippen molar-refractivity contribution < 1.29 is 28.6 Å². The molecule has 27 heavy (non-hydrogen) atoms. The molecule has 7 nitrogen and oxygen atoms in total. The van der Waals surface area contributed by atoms with Crippen LogP contribution in [0.4, 0.5) is 5.69 Å². The fraction of sp³-hybridized carbons (Fsp3) is 0.167. The van der Waals surface area contributed by atoms with Crippen molar-refractivity contribution >= 4 is 47.1 Å². The van der Waals surface area contributed by atoms with Crippen LogP contribution in [0.3, 0.4) is 0 Å². The standard InChI is InChI=1S/C18H15Cl2NO6/c1-25-13-7-6-10(8-22)15(17(13)26-2)18(24)27-9-14(23)21-16-11(19)4-3-5-12(16)20/h3-8H,9H2,1-2H3,(H,21,23). The molecule has 0 heterocycles. The molecule has 1 amide bonds. The number of halogens is 2. The third kappa shape index (κ3) is 4.69. The lowest BCUT2D eigenvalue weighted by Gasteiger charge is -2.14. The first kappa shape index (κ1) is 20.5. The van der Waals surface area contributed by atoms with E-state index >= 15 is 0 Å². The topological polar surface area (TPSA) is 90.9 Å². The molecule has 0 aliphatic carbocycles. The van der Waals surface area contributed by atoms with Gasteiger partial charge in [-0.1, -0.05) is 29.3 Å². The summed E-state index contributed by atoms with van der Waals surface area (Å²) < 4.78 is 15.2. The van der Waals surface area contributed by atoms with E-state index in [1.165, 1.54) is 26.4 Å². The summed E-state index contributed by atoms with van der Waals surface area (Å²) >= 11 is 11.9. The number of esters is 1. The summed E-state index contributed by atoms with van der Waals surface area (Å²) in [6.45, 7) is -0.626. The number of ether oxygens (including phenoxy) is 3. The molecule has 0 saturated carbocycles. The van der Waals surface area contributed by atoms with Crippen LogP contribution in [0.2, 0.25) is 10.0 Å². The number of carbonyl (C=O) groups excluding carboxylic acids is 3. The minimum absolute atomic E-state index is 0.0293. The number of aldehydes is 1. The number of benzene rings is 2. The number of methoxy groups -OCH3 is 2. The first-order valence-electron chi connectivity index (χ1n) is 7.54. The number of carbonyl (C=O) groups is 3. The van der Waals surface area contributed by atoms with Crippen molar-refractivity contribution in [2.24, 2.45) is 0 Å². The average molecular weight is 412 g/mol. The molecule has 0 bridgehead atoms. The molecule has 9 heteroatoms. The Morgan fingerprint density at radius 1 is 1.07 bits per heavy atom. The number of anilines is 1.